The largest absolute Gasteiger partial charge is 0.481 e. The van der Waals surface area contributed by atoms with E-state index in [1.165, 1.54) is 27.3 Å². The highest BCUT2D eigenvalue weighted by Gasteiger charge is 2.22. The number of pyridine rings is 1. The van der Waals surface area contributed by atoms with Gasteiger partial charge in [0.15, 0.2) is 0 Å². The van der Waals surface area contributed by atoms with Gasteiger partial charge >= 0.3 is 6.09 Å². The van der Waals surface area contributed by atoms with Crippen LogP contribution < -0.4 is 10.1 Å². The molecule has 33 heavy (non-hydrogen) atoms. The van der Waals surface area contributed by atoms with Crippen LogP contribution in [-0.4, -0.2) is 61.2 Å². The lowest BCUT2D eigenvalue weighted by atomic mass is 10.1. The van der Waals surface area contributed by atoms with E-state index in [4.69, 9.17) is 9.84 Å². The summed E-state index contributed by atoms with van der Waals surface area (Å²) in [6.07, 6.45) is -0.0897. The first-order valence-electron chi connectivity index (χ1n) is 9.94. The summed E-state index contributed by atoms with van der Waals surface area (Å²) in [6.45, 7) is 1.48. The number of ether oxygens (including phenoxy) is 1. The molecule has 9 nitrogen and oxygen atoms in total. The number of allylic oxidation sites excluding steroid dienone is 1. The number of nitrogens with zero attached hydrogens (tertiary/aromatic N) is 3. The molecule has 2 heterocycles. The fourth-order valence-electron chi connectivity index (χ4n) is 3.47. The van der Waals surface area contributed by atoms with Crippen LogP contribution in [-0.2, 0) is 16.6 Å². The number of carbonyl (C=O) groups is 1. The van der Waals surface area contributed by atoms with Crippen molar-refractivity contribution in [2.45, 2.75) is 18.4 Å². The first kappa shape index (κ1) is 24.2. The summed E-state index contributed by atoms with van der Waals surface area (Å²) < 4.78 is 48.0. The first-order valence-corrected chi connectivity index (χ1v) is 11.4. The Kier molecular flexibility index (Phi) is 7.04. The average molecular weight is 477 g/mol. The number of benzene rings is 1. The van der Waals surface area contributed by atoms with Crippen molar-refractivity contribution in [1.29, 1.82) is 0 Å². The van der Waals surface area contributed by atoms with E-state index in [9.17, 15) is 17.6 Å². The predicted molar refractivity (Wildman–Crippen MR) is 123 cm³/mol. The molecular weight excluding hydrogens is 451 g/mol. The van der Waals surface area contributed by atoms with E-state index >= 15 is 0 Å². The highest BCUT2D eigenvalue weighted by molar-refractivity contribution is 7.89. The standard InChI is InChI=1S/C22H25FN4O5S/c1-14-20(15-6-5-7-17(12-15)33(30,31)26(2)3)21-18(8-9-19(25-21)32-4)27(14)13-16(23)10-11-24-22(28)29/h5-10,12,24H,11,13H2,1-4H3,(H,28,29)/b16-10-. The molecule has 0 atom stereocenters. The number of hydrogen-bond acceptors (Lipinski definition) is 5. The van der Waals surface area contributed by atoms with E-state index in [0.717, 1.165) is 10.4 Å². The van der Waals surface area contributed by atoms with E-state index in [1.807, 2.05) is 0 Å². The van der Waals surface area contributed by atoms with Gasteiger partial charge in [0.1, 0.15) is 11.3 Å². The molecule has 0 aliphatic heterocycles. The van der Waals surface area contributed by atoms with Gasteiger partial charge in [0.25, 0.3) is 0 Å². The molecule has 0 aliphatic carbocycles. The molecule has 0 radical (unpaired) electrons. The minimum atomic E-state index is -3.66. The Hall–Kier alpha value is -3.44. The maximum Gasteiger partial charge on any atom is 0.404 e. The van der Waals surface area contributed by atoms with Crippen LogP contribution in [0.1, 0.15) is 5.69 Å². The lowest BCUT2D eigenvalue weighted by molar-refractivity contribution is 0.195. The van der Waals surface area contributed by atoms with Crippen molar-refractivity contribution >= 4 is 27.1 Å². The van der Waals surface area contributed by atoms with Gasteiger partial charge in [-0.2, -0.15) is 0 Å². The van der Waals surface area contributed by atoms with Gasteiger partial charge in [0, 0.05) is 38.0 Å². The molecule has 11 heteroatoms. The molecule has 0 fully saturated rings. The summed E-state index contributed by atoms with van der Waals surface area (Å²) in [5, 5.41) is 10.8. The van der Waals surface area contributed by atoms with Crippen molar-refractivity contribution in [2.75, 3.05) is 27.7 Å². The zero-order chi connectivity index (χ0) is 24.3. The van der Waals surface area contributed by atoms with Crippen molar-refractivity contribution in [3.8, 4) is 17.0 Å². The lowest BCUT2D eigenvalue weighted by Gasteiger charge is -2.12. The van der Waals surface area contributed by atoms with Crippen LogP contribution in [0.2, 0.25) is 0 Å². The number of hydrogen-bond donors (Lipinski definition) is 2. The van der Waals surface area contributed by atoms with Gasteiger partial charge < -0.3 is 19.7 Å². The number of halogens is 1. The molecule has 176 valence electrons. The van der Waals surface area contributed by atoms with Gasteiger partial charge in [-0.25, -0.2) is 26.9 Å². The normalized spacial score (nSPS) is 12.4. The molecule has 0 aliphatic rings. The van der Waals surface area contributed by atoms with Crippen LogP contribution in [0.25, 0.3) is 22.2 Å². The topological polar surface area (TPSA) is 114 Å². The van der Waals surface area contributed by atoms with Crippen molar-refractivity contribution in [1.82, 2.24) is 19.2 Å². The molecule has 1 amide bonds. The van der Waals surface area contributed by atoms with Gasteiger partial charge in [-0.05, 0) is 36.8 Å². The van der Waals surface area contributed by atoms with Crippen molar-refractivity contribution in [3.05, 3.63) is 54.0 Å². The second kappa shape index (κ2) is 9.59. The third-order valence-electron chi connectivity index (χ3n) is 5.14. The van der Waals surface area contributed by atoms with E-state index < -0.39 is 21.9 Å². The van der Waals surface area contributed by atoms with Crippen LogP contribution in [0.3, 0.4) is 0 Å². The number of aromatic nitrogens is 2. The highest BCUT2D eigenvalue weighted by Crippen LogP contribution is 2.36. The minimum absolute atomic E-state index is 0.124. The molecule has 0 unspecified atom stereocenters. The second-order valence-electron chi connectivity index (χ2n) is 7.42. The zero-order valence-corrected chi connectivity index (χ0v) is 19.5. The summed E-state index contributed by atoms with van der Waals surface area (Å²) in [4.78, 5) is 15.3. The monoisotopic (exact) mass is 476 g/mol. The Balaban J connectivity index is 2.17. The van der Waals surface area contributed by atoms with Crippen LogP contribution in [0.5, 0.6) is 5.88 Å². The molecular formula is C22H25FN4O5S. The third kappa shape index (κ3) is 4.99. The van der Waals surface area contributed by atoms with Crippen LogP contribution in [0.15, 0.2) is 53.2 Å². The molecule has 3 aromatic rings. The second-order valence-corrected chi connectivity index (χ2v) is 9.57. The predicted octanol–water partition coefficient (Wildman–Crippen LogP) is 3.39. The molecule has 0 saturated carbocycles. The molecule has 0 saturated heterocycles. The first-order chi connectivity index (χ1) is 15.6. The smallest absolute Gasteiger partial charge is 0.404 e. The fraction of sp³-hybridized carbons (Fsp3) is 0.273. The summed E-state index contributed by atoms with van der Waals surface area (Å²) in [7, 11) is 0.744. The van der Waals surface area contributed by atoms with E-state index in [2.05, 4.69) is 10.3 Å². The van der Waals surface area contributed by atoms with Crippen LogP contribution in [0, 0.1) is 6.92 Å². The Labute approximate surface area is 191 Å². The number of methoxy groups -OCH3 is 1. The SMILES string of the molecule is COc1ccc2c(n1)c(-c1cccc(S(=O)(=O)N(C)C)c1)c(C)n2C/C(F)=C/CNC(=O)O. The molecule has 1 aromatic carbocycles. The summed E-state index contributed by atoms with van der Waals surface area (Å²) in [5.74, 6) is -0.172. The number of amides is 1. The van der Waals surface area contributed by atoms with Crippen molar-refractivity contribution < 1.29 is 27.4 Å². The quantitative estimate of drug-likeness (QED) is 0.515. The van der Waals surface area contributed by atoms with Gasteiger partial charge in [-0.15, -0.1) is 0 Å². The highest BCUT2D eigenvalue weighted by atomic mass is 32.2. The Morgan fingerprint density at radius 1 is 1.30 bits per heavy atom. The summed E-state index contributed by atoms with van der Waals surface area (Å²) >= 11 is 0. The summed E-state index contributed by atoms with van der Waals surface area (Å²) in [6, 6.07) is 9.89. The van der Waals surface area contributed by atoms with Crippen molar-refractivity contribution in [2.24, 2.45) is 0 Å². The average Bonchev–Trinajstić information content (AvgIpc) is 3.03. The maximum absolute atomic E-state index is 14.6. The zero-order valence-electron chi connectivity index (χ0n) is 18.7. The Morgan fingerprint density at radius 3 is 2.67 bits per heavy atom. The molecule has 2 N–H and O–H groups in total. The number of nitrogens with one attached hydrogen (secondary N) is 1. The maximum atomic E-state index is 14.6. The van der Waals surface area contributed by atoms with Gasteiger partial charge in [0.05, 0.1) is 24.1 Å². The van der Waals surface area contributed by atoms with Gasteiger partial charge in [-0.3, -0.25) is 0 Å². The molecule has 0 spiro atoms. The fourth-order valence-corrected chi connectivity index (χ4v) is 4.42. The van der Waals surface area contributed by atoms with E-state index in [0.29, 0.717) is 33.7 Å². The third-order valence-corrected chi connectivity index (χ3v) is 6.95. The Morgan fingerprint density at radius 2 is 2.03 bits per heavy atom. The van der Waals surface area contributed by atoms with E-state index in [-0.39, 0.29) is 18.0 Å². The minimum Gasteiger partial charge on any atom is -0.481 e. The van der Waals surface area contributed by atoms with Gasteiger partial charge in [-0.1, -0.05) is 12.1 Å². The van der Waals surface area contributed by atoms with Gasteiger partial charge in [0.2, 0.25) is 15.9 Å². The molecule has 2 aromatic heterocycles. The number of rotatable bonds is 8. The molecule has 0 bridgehead atoms. The Bertz CT molecular complexity index is 1330. The van der Waals surface area contributed by atoms with Crippen LogP contribution in [0.4, 0.5) is 9.18 Å². The van der Waals surface area contributed by atoms with Crippen molar-refractivity contribution in [3.63, 3.8) is 0 Å². The summed E-state index contributed by atoms with van der Waals surface area (Å²) in [5.41, 5.74) is 3.08. The lowest BCUT2D eigenvalue weighted by Crippen LogP contribution is -2.22. The van der Waals surface area contributed by atoms with Crippen LogP contribution >= 0.6 is 0 Å². The molecule has 3 rings (SSSR count). The number of carboxylic acid groups (broad SMARTS) is 1. The number of fused-ring (bicyclic) bond motifs is 1. The number of sulfonamides is 1. The van der Waals surface area contributed by atoms with E-state index in [1.54, 1.807) is 41.8 Å².